The third kappa shape index (κ3) is 7.39. The number of halogens is 2. The Balaban J connectivity index is 1.52. The SMILES string of the molecule is O=C(NCc1ccccc1F)[C@]1(C/C=C/c2ccccc2)N=C(c2ccc(OCCCO)cc2)O[C@@H]1c1ccc(Br)cc1. The molecule has 1 aliphatic heterocycles. The van der Waals surface area contributed by atoms with Gasteiger partial charge in [0, 0.05) is 41.6 Å². The largest absolute Gasteiger partial charge is 0.494 e. The molecule has 0 radical (unpaired) electrons. The predicted octanol–water partition coefficient (Wildman–Crippen LogP) is 7.03. The molecule has 4 aromatic carbocycles. The van der Waals surface area contributed by atoms with Crippen LogP contribution in [0.1, 0.15) is 41.2 Å². The maximum Gasteiger partial charge on any atom is 0.252 e. The zero-order valence-electron chi connectivity index (χ0n) is 23.5. The number of carbonyl (C=O) groups excluding carboxylic acids is 1. The van der Waals surface area contributed by atoms with Crippen molar-refractivity contribution >= 4 is 33.8 Å². The van der Waals surface area contributed by atoms with E-state index in [0.29, 0.717) is 35.8 Å². The van der Waals surface area contributed by atoms with E-state index >= 15 is 0 Å². The molecule has 0 spiro atoms. The Kier molecular flexibility index (Phi) is 10.0. The molecule has 5 rings (SSSR count). The Hall–Kier alpha value is -4.27. The van der Waals surface area contributed by atoms with Gasteiger partial charge in [-0.1, -0.05) is 88.7 Å². The number of nitrogens with one attached hydrogen (secondary N) is 1. The summed E-state index contributed by atoms with van der Waals surface area (Å²) in [6.07, 6.45) is 3.90. The number of hydrogen-bond donors (Lipinski definition) is 2. The van der Waals surface area contributed by atoms with E-state index in [0.717, 1.165) is 15.6 Å². The van der Waals surface area contributed by atoms with Crippen molar-refractivity contribution in [1.29, 1.82) is 0 Å². The molecule has 1 aliphatic rings. The highest BCUT2D eigenvalue weighted by molar-refractivity contribution is 9.10. The van der Waals surface area contributed by atoms with Crippen LogP contribution in [-0.2, 0) is 16.1 Å². The summed E-state index contributed by atoms with van der Waals surface area (Å²) in [4.78, 5) is 19.2. The molecule has 0 aliphatic carbocycles. The Morgan fingerprint density at radius 1 is 1.00 bits per heavy atom. The number of ether oxygens (including phenoxy) is 2. The molecule has 4 aromatic rings. The van der Waals surface area contributed by atoms with Crippen LogP contribution >= 0.6 is 15.9 Å². The molecule has 43 heavy (non-hydrogen) atoms. The van der Waals surface area contributed by atoms with E-state index in [2.05, 4.69) is 21.2 Å². The van der Waals surface area contributed by atoms with Crippen LogP contribution in [0.3, 0.4) is 0 Å². The topological polar surface area (TPSA) is 80.2 Å². The van der Waals surface area contributed by atoms with Crippen molar-refractivity contribution < 1.29 is 23.8 Å². The Morgan fingerprint density at radius 2 is 1.72 bits per heavy atom. The summed E-state index contributed by atoms with van der Waals surface area (Å²) in [6, 6.07) is 31.1. The van der Waals surface area contributed by atoms with Gasteiger partial charge in [-0.15, -0.1) is 0 Å². The zero-order chi connectivity index (χ0) is 30.1. The number of nitrogens with zero attached hydrogens (tertiary/aromatic N) is 1. The first-order chi connectivity index (χ1) is 21.0. The van der Waals surface area contributed by atoms with E-state index in [1.54, 1.807) is 30.3 Å². The molecule has 220 valence electrons. The minimum absolute atomic E-state index is 0.00738. The lowest BCUT2D eigenvalue weighted by atomic mass is 9.84. The molecular weight excluding hydrogens is 611 g/mol. The van der Waals surface area contributed by atoms with Crippen molar-refractivity contribution in [3.8, 4) is 5.75 Å². The van der Waals surface area contributed by atoms with Gasteiger partial charge in [-0.25, -0.2) is 9.38 Å². The molecule has 6 nitrogen and oxygen atoms in total. The Bertz CT molecular complexity index is 1580. The van der Waals surface area contributed by atoms with Crippen molar-refractivity contribution in [3.05, 3.63) is 142 Å². The van der Waals surface area contributed by atoms with E-state index in [-0.39, 0.29) is 25.5 Å². The molecule has 8 heteroatoms. The Labute approximate surface area is 259 Å². The second kappa shape index (κ2) is 14.3. The van der Waals surface area contributed by atoms with Crippen LogP contribution in [0.2, 0.25) is 0 Å². The normalized spacial score (nSPS) is 17.8. The molecule has 1 heterocycles. The van der Waals surface area contributed by atoms with Crippen molar-refractivity contribution in [2.75, 3.05) is 13.2 Å². The van der Waals surface area contributed by atoms with E-state index in [1.165, 1.54) is 6.07 Å². The summed E-state index contributed by atoms with van der Waals surface area (Å²) in [5, 5.41) is 12.0. The maximum atomic E-state index is 14.5. The fourth-order valence-electron chi connectivity index (χ4n) is 4.86. The second-order valence-corrected chi connectivity index (χ2v) is 11.0. The number of carbonyl (C=O) groups is 1. The molecule has 1 amide bonds. The average Bonchev–Trinajstić information content (AvgIpc) is 3.42. The molecule has 2 N–H and O–H groups in total. The van der Waals surface area contributed by atoms with Gasteiger partial charge in [0.25, 0.3) is 5.91 Å². The standard InChI is InChI=1S/C35H32BrFN2O4/c36-29-17-13-26(14-18-29)32-35(21-6-10-25-8-2-1-3-9-25,34(41)38-24-28-11-4-5-12-31(28)37)39-33(43-32)27-15-19-30(20-16-27)42-23-7-22-40/h1-6,8-20,32,40H,7,21-24H2,(H,38,41)/b10-6+/t32-,35-/m1/s1. The van der Waals surface area contributed by atoms with E-state index < -0.39 is 17.5 Å². The monoisotopic (exact) mass is 642 g/mol. The fraction of sp³-hybridized carbons (Fsp3) is 0.200. The predicted molar refractivity (Wildman–Crippen MR) is 169 cm³/mol. The molecule has 2 atom stereocenters. The maximum absolute atomic E-state index is 14.5. The molecule has 0 saturated heterocycles. The van der Waals surface area contributed by atoms with Gasteiger partial charge in [0.15, 0.2) is 11.6 Å². The van der Waals surface area contributed by atoms with Crippen LogP contribution < -0.4 is 10.1 Å². The van der Waals surface area contributed by atoms with Crippen LogP contribution in [0.15, 0.2) is 119 Å². The summed E-state index contributed by atoms with van der Waals surface area (Å²) in [7, 11) is 0. The minimum atomic E-state index is -1.38. The van der Waals surface area contributed by atoms with Crippen molar-refractivity contribution in [2.45, 2.75) is 31.0 Å². The number of aliphatic hydroxyl groups excluding tert-OH is 1. The lowest BCUT2D eigenvalue weighted by molar-refractivity contribution is -0.129. The van der Waals surface area contributed by atoms with Gasteiger partial charge in [-0.2, -0.15) is 0 Å². The van der Waals surface area contributed by atoms with Crippen molar-refractivity contribution in [2.24, 2.45) is 4.99 Å². The van der Waals surface area contributed by atoms with Crippen LogP contribution in [0.4, 0.5) is 4.39 Å². The molecule has 0 saturated carbocycles. The van der Waals surface area contributed by atoms with Gasteiger partial charge in [-0.3, -0.25) is 4.79 Å². The van der Waals surface area contributed by atoms with Gasteiger partial charge in [0.1, 0.15) is 11.6 Å². The first kappa shape index (κ1) is 30.2. The number of hydrogen-bond acceptors (Lipinski definition) is 5. The lowest BCUT2D eigenvalue weighted by Crippen LogP contribution is -2.47. The van der Waals surface area contributed by atoms with E-state index in [1.807, 2.05) is 78.9 Å². The smallest absolute Gasteiger partial charge is 0.252 e. The highest BCUT2D eigenvalue weighted by Crippen LogP contribution is 2.43. The zero-order valence-corrected chi connectivity index (χ0v) is 25.0. The molecular formula is C35H32BrFN2O4. The first-order valence-electron chi connectivity index (χ1n) is 14.1. The molecule has 0 bridgehead atoms. The summed E-state index contributed by atoms with van der Waals surface area (Å²) in [5.41, 5.74) is 1.46. The van der Waals surface area contributed by atoms with Crippen LogP contribution in [-0.4, -0.2) is 35.7 Å². The van der Waals surface area contributed by atoms with Gasteiger partial charge < -0.3 is 19.9 Å². The van der Waals surface area contributed by atoms with E-state index in [9.17, 15) is 9.18 Å². The van der Waals surface area contributed by atoms with Gasteiger partial charge >= 0.3 is 0 Å². The van der Waals surface area contributed by atoms with Crippen LogP contribution in [0, 0.1) is 5.82 Å². The number of rotatable bonds is 12. The second-order valence-electron chi connectivity index (χ2n) is 10.1. The van der Waals surface area contributed by atoms with Crippen LogP contribution in [0.5, 0.6) is 5.75 Å². The summed E-state index contributed by atoms with van der Waals surface area (Å²) < 4.78 is 27.5. The van der Waals surface area contributed by atoms with Crippen molar-refractivity contribution in [3.63, 3.8) is 0 Å². The fourth-order valence-corrected chi connectivity index (χ4v) is 5.13. The van der Waals surface area contributed by atoms with Gasteiger partial charge in [0.2, 0.25) is 5.90 Å². The van der Waals surface area contributed by atoms with E-state index in [4.69, 9.17) is 19.6 Å². The first-order valence-corrected chi connectivity index (χ1v) is 14.9. The number of amides is 1. The lowest BCUT2D eigenvalue weighted by Gasteiger charge is -2.30. The minimum Gasteiger partial charge on any atom is -0.494 e. The highest BCUT2D eigenvalue weighted by Gasteiger charge is 2.52. The van der Waals surface area contributed by atoms with Crippen molar-refractivity contribution in [1.82, 2.24) is 5.32 Å². The number of aliphatic hydroxyl groups is 1. The number of benzene rings is 4. The van der Waals surface area contributed by atoms with Gasteiger partial charge in [0.05, 0.1) is 6.61 Å². The molecule has 0 fully saturated rings. The molecule has 0 aromatic heterocycles. The number of aliphatic imine (C=N–C) groups is 1. The Morgan fingerprint density at radius 3 is 2.44 bits per heavy atom. The van der Waals surface area contributed by atoms with Crippen LogP contribution in [0.25, 0.3) is 6.08 Å². The third-order valence-corrected chi connectivity index (χ3v) is 7.67. The summed E-state index contributed by atoms with van der Waals surface area (Å²) >= 11 is 3.49. The van der Waals surface area contributed by atoms with Gasteiger partial charge in [-0.05, 0) is 53.6 Å². The summed E-state index contributed by atoms with van der Waals surface area (Å²) in [6.45, 7) is 0.464. The third-order valence-electron chi connectivity index (χ3n) is 7.14. The summed E-state index contributed by atoms with van der Waals surface area (Å²) in [5.74, 6) is 0.211. The molecule has 0 unspecified atom stereocenters. The average molecular weight is 644 g/mol. The quantitative estimate of drug-likeness (QED) is 0.163. The highest BCUT2D eigenvalue weighted by atomic mass is 79.9.